The molecule has 2 nitrogen and oxygen atoms in total. The molecule has 0 N–H and O–H groups in total. The van der Waals surface area contributed by atoms with E-state index in [9.17, 15) is 31.1 Å². The topological polar surface area (TPSA) is 26.3 Å². The molecule has 1 atom stereocenters. The van der Waals surface area contributed by atoms with Gasteiger partial charge < -0.3 is 4.74 Å². The Bertz CT molecular complexity index is 302. The molecule has 0 radical (unpaired) electrons. The van der Waals surface area contributed by atoms with Gasteiger partial charge in [0.2, 0.25) is 5.76 Å². The van der Waals surface area contributed by atoms with Gasteiger partial charge in [0.25, 0.3) is 5.78 Å². The molecule has 17 heavy (non-hydrogen) atoms. The quantitative estimate of drug-likeness (QED) is 0.442. The normalized spacial score (nSPS) is 15.6. The largest absolute Gasteiger partial charge is 0.486 e. The maximum atomic E-state index is 12.3. The fourth-order valence-electron chi connectivity index (χ4n) is 0.684. The van der Waals surface area contributed by atoms with Crippen molar-refractivity contribution in [1.29, 1.82) is 0 Å². The first-order valence-electron chi connectivity index (χ1n) is 4.55. The summed E-state index contributed by atoms with van der Waals surface area (Å²) in [6, 6.07) is 0. The highest BCUT2D eigenvalue weighted by atomic mass is 19.4. The summed E-state index contributed by atoms with van der Waals surface area (Å²) in [5.41, 5.74) is 0. The van der Waals surface area contributed by atoms with Crippen LogP contribution in [-0.2, 0) is 9.53 Å². The molecule has 0 fully saturated rings. The first-order valence-corrected chi connectivity index (χ1v) is 4.55. The van der Waals surface area contributed by atoms with Crippen molar-refractivity contribution in [3.05, 3.63) is 11.8 Å². The molecular weight excluding hydrogens is 254 g/mol. The van der Waals surface area contributed by atoms with Crippen molar-refractivity contribution in [3.63, 3.8) is 0 Å². The summed E-state index contributed by atoms with van der Waals surface area (Å²) in [4.78, 5) is 10.4. The van der Waals surface area contributed by atoms with Crippen LogP contribution in [0.2, 0.25) is 0 Å². The zero-order chi connectivity index (χ0) is 13.9. The Morgan fingerprint density at radius 1 is 1.18 bits per heavy atom. The number of hydrogen-bond acceptors (Lipinski definition) is 2. The molecule has 0 bridgehead atoms. The van der Waals surface area contributed by atoms with Gasteiger partial charge in [0.1, 0.15) is 0 Å². The maximum absolute atomic E-state index is 12.3. The third kappa shape index (κ3) is 5.60. The van der Waals surface area contributed by atoms with Gasteiger partial charge in [-0.25, -0.2) is 0 Å². The number of carbonyl (C=O) groups is 1. The summed E-state index contributed by atoms with van der Waals surface area (Å²) in [6.45, 7) is 2.74. The van der Waals surface area contributed by atoms with E-state index in [0.29, 0.717) is 0 Å². The molecule has 0 aromatic rings. The van der Waals surface area contributed by atoms with Crippen LogP contribution in [0.15, 0.2) is 11.8 Å². The monoisotopic (exact) mass is 264 g/mol. The minimum Gasteiger partial charge on any atom is -0.486 e. The van der Waals surface area contributed by atoms with Gasteiger partial charge in [-0.15, -0.1) is 0 Å². The number of halogens is 6. The van der Waals surface area contributed by atoms with E-state index in [4.69, 9.17) is 0 Å². The van der Waals surface area contributed by atoms with Crippen molar-refractivity contribution in [2.45, 2.75) is 38.7 Å². The van der Waals surface area contributed by atoms with Crippen molar-refractivity contribution in [1.82, 2.24) is 0 Å². The SMILES string of the molecule is CCC(C)O/C(=C\C(=O)C(F)(F)F)C(F)(F)F. The van der Waals surface area contributed by atoms with Gasteiger partial charge in [0, 0.05) is 6.08 Å². The zero-order valence-electron chi connectivity index (χ0n) is 8.95. The lowest BCUT2D eigenvalue weighted by Gasteiger charge is -2.18. The summed E-state index contributed by atoms with van der Waals surface area (Å²) in [5, 5.41) is 0. The predicted octanol–water partition coefficient (Wildman–Crippen LogP) is 3.38. The first kappa shape index (κ1) is 15.8. The maximum Gasteiger partial charge on any atom is 0.454 e. The lowest BCUT2D eigenvalue weighted by atomic mass is 10.3. The third-order valence-corrected chi connectivity index (χ3v) is 1.72. The van der Waals surface area contributed by atoms with E-state index in [0.717, 1.165) is 0 Å². The fourth-order valence-corrected chi connectivity index (χ4v) is 0.684. The molecule has 0 aliphatic heterocycles. The molecule has 0 aromatic carbocycles. The Labute approximate surface area is 93.2 Å². The Morgan fingerprint density at radius 2 is 1.65 bits per heavy atom. The van der Waals surface area contributed by atoms with Crippen LogP contribution in [0, 0.1) is 0 Å². The van der Waals surface area contributed by atoms with Crippen molar-refractivity contribution < 1.29 is 35.9 Å². The zero-order valence-corrected chi connectivity index (χ0v) is 8.95. The lowest BCUT2D eigenvalue weighted by molar-refractivity contribution is -0.167. The van der Waals surface area contributed by atoms with Gasteiger partial charge in [-0.2, -0.15) is 26.3 Å². The highest BCUT2D eigenvalue weighted by molar-refractivity contribution is 5.94. The van der Waals surface area contributed by atoms with Gasteiger partial charge in [-0.05, 0) is 13.3 Å². The second-order valence-corrected chi connectivity index (χ2v) is 3.21. The van der Waals surface area contributed by atoms with Crippen LogP contribution in [0.25, 0.3) is 0 Å². The lowest BCUT2D eigenvalue weighted by Crippen LogP contribution is -2.25. The summed E-state index contributed by atoms with van der Waals surface area (Å²) >= 11 is 0. The van der Waals surface area contributed by atoms with Crippen LogP contribution in [0.4, 0.5) is 26.3 Å². The summed E-state index contributed by atoms with van der Waals surface area (Å²) in [7, 11) is 0. The molecule has 0 spiro atoms. The molecule has 0 rings (SSSR count). The van der Waals surface area contributed by atoms with E-state index in [1.54, 1.807) is 0 Å². The van der Waals surface area contributed by atoms with Crippen LogP contribution in [0.3, 0.4) is 0 Å². The Morgan fingerprint density at radius 3 is 1.94 bits per heavy atom. The van der Waals surface area contributed by atoms with E-state index in [1.165, 1.54) is 13.8 Å². The van der Waals surface area contributed by atoms with E-state index < -0.39 is 36.1 Å². The number of hydrogen-bond donors (Lipinski definition) is 0. The molecule has 0 aliphatic carbocycles. The van der Waals surface area contributed by atoms with E-state index in [1.807, 2.05) is 0 Å². The van der Waals surface area contributed by atoms with Crippen LogP contribution in [0.5, 0.6) is 0 Å². The second kappa shape index (κ2) is 5.42. The van der Waals surface area contributed by atoms with Gasteiger partial charge in [0.05, 0.1) is 6.10 Å². The van der Waals surface area contributed by atoms with Crippen LogP contribution in [0.1, 0.15) is 20.3 Å². The number of ketones is 1. The van der Waals surface area contributed by atoms with Gasteiger partial charge >= 0.3 is 12.4 Å². The highest BCUT2D eigenvalue weighted by Gasteiger charge is 2.42. The summed E-state index contributed by atoms with van der Waals surface area (Å²) in [5.74, 6) is -4.54. The number of rotatable bonds is 4. The van der Waals surface area contributed by atoms with Gasteiger partial charge in [-0.1, -0.05) is 6.92 Å². The summed E-state index contributed by atoms with van der Waals surface area (Å²) in [6.07, 6.45) is -11.8. The van der Waals surface area contributed by atoms with E-state index >= 15 is 0 Å². The minimum atomic E-state index is -5.35. The second-order valence-electron chi connectivity index (χ2n) is 3.21. The van der Waals surface area contributed by atoms with Crippen LogP contribution in [-0.4, -0.2) is 24.2 Å². The molecule has 100 valence electrons. The third-order valence-electron chi connectivity index (χ3n) is 1.72. The molecule has 0 amide bonds. The van der Waals surface area contributed by atoms with Crippen LogP contribution >= 0.6 is 0 Å². The van der Waals surface area contributed by atoms with E-state index in [2.05, 4.69) is 4.74 Å². The number of allylic oxidation sites excluding steroid dienone is 2. The molecular formula is C9H10F6O2. The summed E-state index contributed by atoms with van der Waals surface area (Å²) < 4.78 is 76.4. The molecule has 0 heterocycles. The molecule has 0 saturated heterocycles. The average Bonchev–Trinajstić information content (AvgIpc) is 2.13. The average molecular weight is 264 g/mol. The number of alkyl halides is 6. The smallest absolute Gasteiger partial charge is 0.454 e. The Hall–Kier alpha value is -1.21. The standard InChI is InChI=1S/C9H10F6O2/c1-3-5(2)17-7(9(13,14)15)4-6(16)8(10,11)12/h4-5H,3H2,1-2H3/b7-4-. The fraction of sp³-hybridized carbons (Fsp3) is 0.667. The Balaban J connectivity index is 5.07. The van der Waals surface area contributed by atoms with Gasteiger partial charge in [-0.3, -0.25) is 4.79 Å². The van der Waals surface area contributed by atoms with Gasteiger partial charge in [0.15, 0.2) is 0 Å². The van der Waals surface area contributed by atoms with Crippen LogP contribution < -0.4 is 0 Å². The number of carbonyl (C=O) groups excluding carboxylic acids is 1. The highest BCUT2D eigenvalue weighted by Crippen LogP contribution is 2.29. The van der Waals surface area contributed by atoms with Crippen molar-refractivity contribution in [2.24, 2.45) is 0 Å². The number of ether oxygens (including phenoxy) is 1. The first-order chi connectivity index (χ1) is 7.48. The Kier molecular flexibility index (Phi) is 5.03. The van der Waals surface area contributed by atoms with Crippen molar-refractivity contribution >= 4 is 5.78 Å². The van der Waals surface area contributed by atoms with E-state index in [-0.39, 0.29) is 6.42 Å². The minimum absolute atomic E-state index is 0.160. The molecule has 0 saturated carbocycles. The molecule has 0 aliphatic rings. The molecule has 1 unspecified atom stereocenters. The molecule has 0 aromatic heterocycles. The predicted molar refractivity (Wildman–Crippen MR) is 46.0 cm³/mol. The molecule has 8 heteroatoms. The van der Waals surface area contributed by atoms with Crippen molar-refractivity contribution in [2.75, 3.05) is 0 Å². The van der Waals surface area contributed by atoms with Crippen molar-refractivity contribution in [3.8, 4) is 0 Å².